The smallest absolute Gasteiger partial charge is 0.307 e. The van der Waals surface area contributed by atoms with E-state index in [2.05, 4.69) is 10.2 Å². The van der Waals surface area contributed by atoms with Crippen LogP contribution in [0, 0.1) is 0 Å². The molecular formula is C19H23N3O3. The van der Waals surface area contributed by atoms with E-state index in [9.17, 15) is 9.59 Å². The monoisotopic (exact) mass is 341 g/mol. The summed E-state index contributed by atoms with van der Waals surface area (Å²) in [6, 6.07) is 9.28. The number of esters is 1. The number of ether oxygens (including phenoxy) is 1. The fourth-order valence-corrected chi connectivity index (χ4v) is 3.27. The molecule has 1 N–H and O–H groups in total. The molecule has 0 unspecified atom stereocenters. The van der Waals surface area contributed by atoms with Gasteiger partial charge in [-0.2, -0.15) is 5.10 Å². The molecule has 0 radical (unpaired) electrons. The summed E-state index contributed by atoms with van der Waals surface area (Å²) < 4.78 is 5.05. The van der Waals surface area contributed by atoms with Crippen LogP contribution in [-0.4, -0.2) is 46.2 Å². The highest BCUT2D eigenvalue weighted by Gasteiger charge is 2.29. The zero-order valence-electron chi connectivity index (χ0n) is 14.4. The van der Waals surface area contributed by atoms with E-state index in [0.29, 0.717) is 18.7 Å². The molecule has 1 atom stereocenters. The van der Waals surface area contributed by atoms with Gasteiger partial charge in [0.1, 0.15) is 0 Å². The summed E-state index contributed by atoms with van der Waals surface area (Å²) in [4.78, 5) is 26.5. The van der Waals surface area contributed by atoms with E-state index in [0.717, 1.165) is 30.5 Å². The summed E-state index contributed by atoms with van der Waals surface area (Å²) in [5, 5.41) is 6.85. The third-order valence-electron chi connectivity index (χ3n) is 4.54. The van der Waals surface area contributed by atoms with Crippen molar-refractivity contribution in [3.05, 3.63) is 42.1 Å². The van der Waals surface area contributed by atoms with Crippen LogP contribution in [0.2, 0.25) is 0 Å². The molecule has 0 bridgehead atoms. The Morgan fingerprint density at radius 1 is 1.24 bits per heavy atom. The molecule has 1 aromatic heterocycles. The number of likely N-dealkylation sites (tertiary alicyclic amines) is 1. The first-order chi connectivity index (χ1) is 12.2. The minimum absolute atomic E-state index is 0.0230. The topological polar surface area (TPSA) is 75.3 Å². The number of aromatic amines is 1. The van der Waals surface area contributed by atoms with Gasteiger partial charge in [-0.25, -0.2) is 0 Å². The number of amides is 1. The number of piperidine rings is 1. The van der Waals surface area contributed by atoms with Crippen LogP contribution < -0.4 is 0 Å². The zero-order valence-corrected chi connectivity index (χ0v) is 14.4. The Bertz CT molecular complexity index is 710. The summed E-state index contributed by atoms with van der Waals surface area (Å²) in [6.07, 6.45) is 4.81. The first kappa shape index (κ1) is 17.2. The number of aromatic nitrogens is 2. The van der Waals surface area contributed by atoms with Gasteiger partial charge in [0.2, 0.25) is 0 Å². The molecule has 1 saturated heterocycles. The van der Waals surface area contributed by atoms with Gasteiger partial charge < -0.3 is 9.64 Å². The lowest BCUT2D eigenvalue weighted by atomic mass is 9.98. The van der Waals surface area contributed by atoms with E-state index in [1.54, 1.807) is 13.1 Å². The summed E-state index contributed by atoms with van der Waals surface area (Å²) in [5.41, 5.74) is 2.53. The predicted octanol–water partition coefficient (Wildman–Crippen LogP) is 3.02. The van der Waals surface area contributed by atoms with Crippen LogP contribution in [0.5, 0.6) is 0 Å². The molecule has 3 rings (SSSR count). The van der Waals surface area contributed by atoms with E-state index in [-0.39, 0.29) is 24.3 Å². The first-order valence-corrected chi connectivity index (χ1v) is 8.75. The number of rotatable bonds is 5. The molecule has 0 saturated carbocycles. The molecule has 132 valence electrons. The lowest BCUT2D eigenvalue weighted by Crippen LogP contribution is -2.44. The van der Waals surface area contributed by atoms with Gasteiger partial charge in [0, 0.05) is 24.3 Å². The molecule has 1 aliphatic heterocycles. The molecule has 2 heterocycles. The minimum Gasteiger partial charge on any atom is -0.466 e. The van der Waals surface area contributed by atoms with E-state index < -0.39 is 0 Å². The Labute approximate surface area is 147 Å². The zero-order chi connectivity index (χ0) is 17.6. The van der Waals surface area contributed by atoms with Crippen molar-refractivity contribution in [1.29, 1.82) is 0 Å². The lowest BCUT2D eigenvalue weighted by molar-refractivity contribution is -0.144. The second kappa shape index (κ2) is 7.96. The molecule has 25 heavy (non-hydrogen) atoms. The number of H-pyrrole nitrogens is 1. The number of nitrogens with one attached hydrogen (secondary N) is 1. The van der Waals surface area contributed by atoms with Crippen LogP contribution in [0.15, 0.2) is 36.5 Å². The minimum atomic E-state index is -0.234. The van der Waals surface area contributed by atoms with Gasteiger partial charge in [-0.15, -0.1) is 0 Å². The van der Waals surface area contributed by atoms with Crippen molar-refractivity contribution in [1.82, 2.24) is 15.1 Å². The number of hydrogen-bond acceptors (Lipinski definition) is 4. The van der Waals surface area contributed by atoms with Crippen LogP contribution in [0.25, 0.3) is 11.3 Å². The van der Waals surface area contributed by atoms with Gasteiger partial charge in [-0.05, 0) is 49.9 Å². The molecule has 1 aromatic carbocycles. The van der Waals surface area contributed by atoms with Gasteiger partial charge in [0.05, 0.1) is 18.7 Å². The number of benzene rings is 1. The van der Waals surface area contributed by atoms with E-state index in [1.807, 2.05) is 35.2 Å². The Hall–Kier alpha value is -2.63. The molecule has 2 aromatic rings. The maximum atomic E-state index is 12.9. The quantitative estimate of drug-likeness (QED) is 0.848. The SMILES string of the molecule is CCOC(=O)C[C@@H]1CCCCN1C(=O)c1ccc(-c2ccn[nH]2)cc1. The maximum absolute atomic E-state index is 12.9. The molecule has 6 nitrogen and oxygen atoms in total. The van der Waals surface area contributed by atoms with Crippen molar-refractivity contribution in [3.8, 4) is 11.3 Å². The molecule has 1 fully saturated rings. The highest BCUT2D eigenvalue weighted by molar-refractivity contribution is 5.95. The second-order valence-corrected chi connectivity index (χ2v) is 6.20. The Morgan fingerprint density at radius 2 is 2.04 bits per heavy atom. The van der Waals surface area contributed by atoms with Crippen LogP contribution in [-0.2, 0) is 9.53 Å². The summed E-state index contributed by atoms with van der Waals surface area (Å²) in [7, 11) is 0. The maximum Gasteiger partial charge on any atom is 0.307 e. The fraction of sp³-hybridized carbons (Fsp3) is 0.421. The van der Waals surface area contributed by atoms with Crippen LogP contribution in [0.1, 0.15) is 43.0 Å². The number of hydrogen-bond donors (Lipinski definition) is 1. The number of carbonyl (C=O) groups excluding carboxylic acids is 2. The van der Waals surface area contributed by atoms with E-state index in [4.69, 9.17) is 4.74 Å². The summed E-state index contributed by atoms with van der Waals surface area (Å²) in [5.74, 6) is -0.257. The van der Waals surface area contributed by atoms with Crippen molar-refractivity contribution in [2.75, 3.05) is 13.2 Å². The molecule has 0 aliphatic carbocycles. The van der Waals surface area contributed by atoms with Crippen molar-refractivity contribution >= 4 is 11.9 Å². The molecule has 1 aliphatic rings. The van der Waals surface area contributed by atoms with Gasteiger partial charge in [0.25, 0.3) is 5.91 Å². The normalized spacial score (nSPS) is 17.3. The Balaban J connectivity index is 1.72. The summed E-state index contributed by atoms with van der Waals surface area (Å²) in [6.45, 7) is 2.85. The van der Waals surface area contributed by atoms with Crippen molar-refractivity contribution in [3.63, 3.8) is 0 Å². The molecule has 1 amide bonds. The van der Waals surface area contributed by atoms with Gasteiger partial charge in [-0.1, -0.05) is 12.1 Å². The van der Waals surface area contributed by atoms with E-state index >= 15 is 0 Å². The fourth-order valence-electron chi connectivity index (χ4n) is 3.27. The average molecular weight is 341 g/mol. The van der Waals surface area contributed by atoms with Crippen LogP contribution in [0.4, 0.5) is 0 Å². The Kier molecular flexibility index (Phi) is 5.48. The Morgan fingerprint density at radius 3 is 2.72 bits per heavy atom. The van der Waals surface area contributed by atoms with Crippen LogP contribution in [0.3, 0.4) is 0 Å². The van der Waals surface area contributed by atoms with Gasteiger partial charge >= 0.3 is 5.97 Å². The highest BCUT2D eigenvalue weighted by atomic mass is 16.5. The standard InChI is InChI=1S/C19H23N3O3/c1-2-25-18(23)13-16-5-3-4-12-22(16)19(24)15-8-6-14(7-9-15)17-10-11-20-21-17/h6-11,16H,2-5,12-13H2,1H3,(H,20,21)/t16-/m0/s1. The molecule has 0 spiro atoms. The van der Waals surface area contributed by atoms with Crippen molar-refractivity contribution in [2.24, 2.45) is 0 Å². The lowest BCUT2D eigenvalue weighted by Gasteiger charge is -2.35. The summed E-state index contributed by atoms with van der Waals surface area (Å²) >= 11 is 0. The molecular weight excluding hydrogens is 318 g/mol. The predicted molar refractivity (Wildman–Crippen MR) is 93.9 cm³/mol. The average Bonchev–Trinajstić information content (AvgIpc) is 3.17. The van der Waals surface area contributed by atoms with E-state index in [1.165, 1.54) is 0 Å². The first-order valence-electron chi connectivity index (χ1n) is 8.75. The largest absolute Gasteiger partial charge is 0.466 e. The number of nitrogens with zero attached hydrogens (tertiary/aromatic N) is 2. The van der Waals surface area contributed by atoms with Crippen molar-refractivity contribution < 1.29 is 14.3 Å². The highest BCUT2D eigenvalue weighted by Crippen LogP contribution is 2.24. The third-order valence-corrected chi connectivity index (χ3v) is 4.54. The van der Waals surface area contributed by atoms with Gasteiger partial charge in [0.15, 0.2) is 0 Å². The number of carbonyl (C=O) groups is 2. The van der Waals surface area contributed by atoms with Crippen molar-refractivity contribution in [2.45, 2.75) is 38.6 Å². The van der Waals surface area contributed by atoms with Crippen LogP contribution >= 0.6 is 0 Å². The van der Waals surface area contributed by atoms with Gasteiger partial charge in [-0.3, -0.25) is 14.7 Å². The second-order valence-electron chi connectivity index (χ2n) is 6.20. The molecule has 6 heteroatoms. The third kappa shape index (κ3) is 4.07.